The average Bonchev–Trinajstić information content (AvgIpc) is 3.69. The molecule has 0 saturated heterocycles. The van der Waals surface area contributed by atoms with Crippen molar-refractivity contribution in [1.82, 2.24) is 14.0 Å². The van der Waals surface area contributed by atoms with Crippen LogP contribution in [0, 0.1) is 0 Å². The van der Waals surface area contributed by atoms with Crippen molar-refractivity contribution in [2.24, 2.45) is 9.98 Å². The highest BCUT2D eigenvalue weighted by Gasteiger charge is 2.31. The molecule has 0 radical (unpaired) electrons. The highest BCUT2D eigenvalue weighted by atomic mass is 15.4. The standard InChI is InChI=1S/C44H33N5/c1-47-43(30-17-7-3-8-18-30)45-42(29-15-5-2-6-16-29)46-44(47)49-39-24-14-12-22-33(39)35-26-27-36-37(41(35)49)28-25-34-32-21-11-13-23-38(32)48(40(34)36)31-19-9-4-10-20-31/h2-7,9-17,19-28,44H,8,18H2,1H3. The Morgan fingerprint density at radius 2 is 1.18 bits per heavy atom. The molecule has 2 aromatic heterocycles. The molecule has 2 aliphatic rings. The number of aliphatic imine (C=N–C) groups is 2. The summed E-state index contributed by atoms with van der Waals surface area (Å²) in [6.45, 7) is 0. The van der Waals surface area contributed by atoms with Crippen molar-refractivity contribution >= 4 is 66.1 Å². The van der Waals surface area contributed by atoms with Crippen LogP contribution in [0.25, 0.3) is 60.1 Å². The molecule has 49 heavy (non-hydrogen) atoms. The van der Waals surface area contributed by atoms with E-state index in [0.29, 0.717) is 0 Å². The Kier molecular flexibility index (Phi) is 6.21. The van der Waals surface area contributed by atoms with Crippen LogP contribution in [0.3, 0.4) is 0 Å². The number of hydrogen-bond acceptors (Lipinski definition) is 3. The van der Waals surface area contributed by atoms with Crippen molar-refractivity contribution in [3.8, 4) is 5.69 Å². The molecule has 1 atom stereocenters. The summed E-state index contributed by atoms with van der Waals surface area (Å²) in [5, 5.41) is 7.36. The number of aromatic nitrogens is 2. The maximum atomic E-state index is 5.46. The summed E-state index contributed by atoms with van der Waals surface area (Å²) in [7, 11) is 2.14. The van der Waals surface area contributed by atoms with Gasteiger partial charge in [0.2, 0.25) is 6.29 Å². The van der Waals surface area contributed by atoms with Crippen LogP contribution < -0.4 is 0 Å². The first-order valence-electron chi connectivity index (χ1n) is 17.0. The number of benzene rings is 6. The molecular formula is C44H33N5. The molecule has 0 N–H and O–H groups in total. The van der Waals surface area contributed by atoms with E-state index < -0.39 is 0 Å². The quantitative estimate of drug-likeness (QED) is 0.190. The van der Waals surface area contributed by atoms with E-state index in [4.69, 9.17) is 9.98 Å². The first kappa shape index (κ1) is 27.9. The normalized spacial score (nSPS) is 16.6. The molecule has 8 aromatic rings. The zero-order valence-corrected chi connectivity index (χ0v) is 27.2. The minimum atomic E-state index is -0.349. The molecule has 0 saturated carbocycles. The van der Waals surface area contributed by atoms with Gasteiger partial charge < -0.3 is 9.47 Å². The van der Waals surface area contributed by atoms with E-state index in [-0.39, 0.29) is 6.29 Å². The molecule has 3 heterocycles. The van der Waals surface area contributed by atoms with Crippen molar-refractivity contribution in [1.29, 1.82) is 0 Å². The number of fused-ring (bicyclic) bond motifs is 9. The number of likely N-dealkylation sites (N-methyl/N-ethyl adjacent to an activating group) is 1. The largest absolute Gasteiger partial charge is 0.320 e. The molecule has 0 bridgehead atoms. The fraction of sp³-hybridized carbons (Fsp3) is 0.0909. The second-order valence-corrected chi connectivity index (χ2v) is 13.0. The van der Waals surface area contributed by atoms with Crippen molar-refractivity contribution in [3.63, 3.8) is 0 Å². The zero-order chi connectivity index (χ0) is 32.5. The first-order valence-corrected chi connectivity index (χ1v) is 17.0. The Hall–Kier alpha value is -6.20. The fourth-order valence-electron chi connectivity index (χ4n) is 8.00. The molecule has 1 unspecified atom stereocenters. The van der Waals surface area contributed by atoms with E-state index in [1.807, 2.05) is 6.07 Å². The second kappa shape index (κ2) is 10.9. The third-order valence-corrected chi connectivity index (χ3v) is 10.2. The summed E-state index contributed by atoms with van der Waals surface area (Å²) >= 11 is 0. The third kappa shape index (κ3) is 4.18. The minimum absolute atomic E-state index is 0.349. The van der Waals surface area contributed by atoms with Gasteiger partial charge in [-0.1, -0.05) is 127 Å². The predicted octanol–water partition coefficient (Wildman–Crippen LogP) is 10.6. The fourth-order valence-corrected chi connectivity index (χ4v) is 8.00. The molecule has 6 aromatic carbocycles. The van der Waals surface area contributed by atoms with Gasteiger partial charge in [-0.3, -0.25) is 4.57 Å². The van der Waals surface area contributed by atoms with Gasteiger partial charge in [-0.15, -0.1) is 0 Å². The molecule has 5 heteroatoms. The maximum Gasteiger partial charge on any atom is 0.206 e. The first-order chi connectivity index (χ1) is 24.3. The summed E-state index contributed by atoms with van der Waals surface area (Å²) in [6.07, 6.45) is 8.20. The molecule has 10 rings (SSSR count). The lowest BCUT2D eigenvalue weighted by Crippen LogP contribution is -2.39. The van der Waals surface area contributed by atoms with Crippen molar-refractivity contribution in [2.45, 2.75) is 19.1 Å². The third-order valence-electron chi connectivity index (χ3n) is 10.2. The molecule has 0 amide bonds. The lowest BCUT2D eigenvalue weighted by Gasteiger charge is -2.35. The van der Waals surface area contributed by atoms with Gasteiger partial charge in [0.15, 0.2) is 5.84 Å². The number of rotatable bonds is 4. The van der Waals surface area contributed by atoms with E-state index in [1.54, 1.807) is 0 Å². The Labute approximate surface area is 284 Å². The van der Waals surface area contributed by atoms with Gasteiger partial charge in [-0.05, 0) is 42.7 Å². The minimum Gasteiger partial charge on any atom is -0.320 e. The highest BCUT2D eigenvalue weighted by molar-refractivity contribution is 6.26. The summed E-state index contributed by atoms with van der Waals surface area (Å²) in [5.74, 6) is 1.73. The zero-order valence-electron chi connectivity index (χ0n) is 27.2. The van der Waals surface area contributed by atoms with Gasteiger partial charge in [0.1, 0.15) is 5.84 Å². The molecule has 0 fully saturated rings. The van der Waals surface area contributed by atoms with E-state index in [0.717, 1.165) is 41.3 Å². The summed E-state index contributed by atoms with van der Waals surface area (Å²) in [5.41, 5.74) is 8.16. The maximum absolute atomic E-state index is 5.46. The van der Waals surface area contributed by atoms with Crippen molar-refractivity contribution in [3.05, 3.63) is 163 Å². The SMILES string of the molecule is CN1C(C2=CC=CCC2)=NC(c2ccccc2)=NC1n1c2ccccc2c2ccc3c(ccc4c5ccccc5n(-c5ccccc5)c43)c21. The second-order valence-electron chi connectivity index (χ2n) is 13.0. The van der Waals surface area contributed by atoms with Crippen LogP contribution in [-0.2, 0) is 0 Å². The monoisotopic (exact) mass is 631 g/mol. The van der Waals surface area contributed by atoms with E-state index in [2.05, 4.69) is 167 Å². The van der Waals surface area contributed by atoms with Crippen LogP contribution in [0.5, 0.6) is 0 Å². The molecule has 1 aliphatic carbocycles. The van der Waals surface area contributed by atoms with Gasteiger partial charge in [-0.2, -0.15) is 0 Å². The lowest BCUT2D eigenvalue weighted by molar-refractivity contribution is 0.296. The number of hydrogen-bond donors (Lipinski definition) is 0. The van der Waals surface area contributed by atoms with E-state index in [1.165, 1.54) is 54.4 Å². The lowest BCUT2D eigenvalue weighted by atomic mass is 10.0. The van der Waals surface area contributed by atoms with Crippen LogP contribution in [0.2, 0.25) is 0 Å². The molecule has 1 aliphatic heterocycles. The Morgan fingerprint density at radius 1 is 0.592 bits per heavy atom. The highest BCUT2D eigenvalue weighted by Crippen LogP contribution is 2.43. The van der Waals surface area contributed by atoms with Crippen molar-refractivity contribution in [2.75, 3.05) is 7.05 Å². The summed E-state index contributed by atoms with van der Waals surface area (Å²) in [4.78, 5) is 12.9. The summed E-state index contributed by atoms with van der Waals surface area (Å²) < 4.78 is 4.88. The number of nitrogens with zero attached hydrogens (tertiary/aromatic N) is 5. The van der Waals surface area contributed by atoms with Gasteiger partial charge in [0, 0.05) is 50.6 Å². The van der Waals surface area contributed by atoms with Gasteiger partial charge in [0.25, 0.3) is 0 Å². The van der Waals surface area contributed by atoms with Crippen LogP contribution >= 0.6 is 0 Å². The molecule has 0 spiro atoms. The van der Waals surface area contributed by atoms with Gasteiger partial charge in [-0.25, -0.2) is 9.98 Å². The van der Waals surface area contributed by atoms with E-state index in [9.17, 15) is 0 Å². The predicted molar refractivity (Wildman–Crippen MR) is 205 cm³/mol. The Bertz CT molecular complexity index is 2720. The van der Waals surface area contributed by atoms with Crippen LogP contribution in [0.4, 0.5) is 0 Å². The van der Waals surface area contributed by atoms with Crippen LogP contribution in [0.15, 0.2) is 167 Å². The summed E-state index contributed by atoms with van der Waals surface area (Å²) in [6, 6.07) is 47.9. The Balaban J connectivity index is 1.31. The molecule has 234 valence electrons. The molecular weight excluding hydrogens is 599 g/mol. The van der Waals surface area contributed by atoms with Gasteiger partial charge in [0.05, 0.1) is 22.1 Å². The smallest absolute Gasteiger partial charge is 0.206 e. The topological polar surface area (TPSA) is 37.8 Å². The number of amidine groups is 2. The van der Waals surface area contributed by atoms with E-state index >= 15 is 0 Å². The Morgan fingerprint density at radius 3 is 1.90 bits per heavy atom. The van der Waals surface area contributed by atoms with Crippen LogP contribution in [0.1, 0.15) is 24.7 Å². The number of allylic oxidation sites excluding steroid dienone is 3. The average molecular weight is 632 g/mol. The van der Waals surface area contributed by atoms with Gasteiger partial charge >= 0.3 is 0 Å². The number of para-hydroxylation sites is 3. The van der Waals surface area contributed by atoms with Crippen molar-refractivity contribution < 1.29 is 0 Å². The molecule has 5 nitrogen and oxygen atoms in total. The van der Waals surface area contributed by atoms with Crippen LogP contribution in [-0.4, -0.2) is 32.8 Å².